The fraction of sp³-hybridized carbons (Fsp3) is 0.364. The summed E-state index contributed by atoms with van der Waals surface area (Å²) in [4.78, 5) is 10.5. The van der Waals surface area contributed by atoms with Crippen LogP contribution in [0.2, 0.25) is 5.02 Å². The molecule has 0 radical (unpaired) electrons. The standard InChI is InChI=1S/C11H13ClFNO4S/c1-6(11(15)16)7(2)14-19(17,18)8-3-4-10(13)9(12)5-8/h3-7,14H,1-2H3,(H,15,16). The summed E-state index contributed by atoms with van der Waals surface area (Å²) >= 11 is 5.51. The minimum absolute atomic E-state index is 0.219. The second-order valence-electron chi connectivity index (χ2n) is 4.11. The van der Waals surface area contributed by atoms with Gasteiger partial charge in [0, 0.05) is 6.04 Å². The van der Waals surface area contributed by atoms with Gasteiger partial charge in [0.05, 0.1) is 15.8 Å². The van der Waals surface area contributed by atoms with Gasteiger partial charge in [0.2, 0.25) is 10.0 Å². The lowest BCUT2D eigenvalue weighted by Gasteiger charge is -2.17. The van der Waals surface area contributed by atoms with Crippen molar-refractivity contribution in [2.24, 2.45) is 5.92 Å². The van der Waals surface area contributed by atoms with E-state index in [4.69, 9.17) is 16.7 Å². The SMILES string of the molecule is CC(NS(=O)(=O)c1ccc(F)c(Cl)c1)C(C)C(=O)O. The van der Waals surface area contributed by atoms with Crippen LogP contribution >= 0.6 is 11.6 Å². The Morgan fingerprint density at radius 3 is 2.47 bits per heavy atom. The quantitative estimate of drug-likeness (QED) is 0.869. The predicted octanol–water partition coefficient (Wildman–Crippen LogP) is 1.87. The monoisotopic (exact) mass is 309 g/mol. The zero-order valence-electron chi connectivity index (χ0n) is 10.2. The van der Waals surface area contributed by atoms with Gasteiger partial charge in [-0.2, -0.15) is 0 Å². The lowest BCUT2D eigenvalue weighted by atomic mass is 10.1. The fourth-order valence-corrected chi connectivity index (χ4v) is 2.87. The summed E-state index contributed by atoms with van der Waals surface area (Å²) in [6, 6.07) is 2.15. The van der Waals surface area contributed by atoms with E-state index in [1.165, 1.54) is 13.8 Å². The van der Waals surface area contributed by atoms with Crippen LogP contribution in [0.3, 0.4) is 0 Å². The molecule has 1 aromatic rings. The summed E-state index contributed by atoms with van der Waals surface area (Å²) < 4.78 is 39.1. The highest BCUT2D eigenvalue weighted by molar-refractivity contribution is 7.89. The number of sulfonamides is 1. The zero-order chi connectivity index (χ0) is 14.8. The topological polar surface area (TPSA) is 83.5 Å². The van der Waals surface area contributed by atoms with E-state index >= 15 is 0 Å². The molecule has 2 N–H and O–H groups in total. The normalized spacial score (nSPS) is 14.9. The third-order valence-electron chi connectivity index (χ3n) is 2.68. The van der Waals surface area contributed by atoms with Crippen LogP contribution in [0.1, 0.15) is 13.8 Å². The molecular weight excluding hydrogens is 297 g/mol. The number of carboxylic acids is 1. The summed E-state index contributed by atoms with van der Waals surface area (Å²) in [5, 5.41) is 8.48. The van der Waals surface area contributed by atoms with Gasteiger partial charge < -0.3 is 5.11 Å². The Morgan fingerprint density at radius 1 is 1.42 bits per heavy atom. The van der Waals surface area contributed by atoms with Crippen LogP contribution in [0.25, 0.3) is 0 Å². The van der Waals surface area contributed by atoms with E-state index in [1.807, 2.05) is 0 Å². The molecule has 2 atom stereocenters. The van der Waals surface area contributed by atoms with Crippen molar-refractivity contribution in [3.05, 3.63) is 29.0 Å². The van der Waals surface area contributed by atoms with E-state index < -0.39 is 33.8 Å². The molecule has 0 aliphatic heterocycles. The third kappa shape index (κ3) is 3.89. The maximum atomic E-state index is 13.0. The molecule has 0 aliphatic carbocycles. The fourth-order valence-electron chi connectivity index (χ4n) is 1.27. The minimum Gasteiger partial charge on any atom is -0.481 e. The second-order valence-corrected chi connectivity index (χ2v) is 6.23. The van der Waals surface area contributed by atoms with Crippen LogP contribution in [0.4, 0.5) is 4.39 Å². The van der Waals surface area contributed by atoms with Gasteiger partial charge in [-0.25, -0.2) is 17.5 Å². The van der Waals surface area contributed by atoms with Crippen molar-refractivity contribution in [1.29, 1.82) is 0 Å². The third-order valence-corrected chi connectivity index (χ3v) is 4.53. The van der Waals surface area contributed by atoms with E-state index in [0.717, 1.165) is 18.2 Å². The highest BCUT2D eigenvalue weighted by Crippen LogP contribution is 2.20. The first-order chi connectivity index (χ1) is 8.65. The Bertz CT molecular complexity index is 590. The Balaban J connectivity index is 2.98. The second kappa shape index (κ2) is 5.85. The van der Waals surface area contributed by atoms with Crippen LogP contribution in [-0.4, -0.2) is 25.5 Å². The molecule has 0 heterocycles. The lowest BCUT2D eigenvalue weighted by Crippen LogP contribution is -2.39. The number of aliphatic carboxylic acids is 1. The summed E-state index contributed by atoms with van der Waals surface area (Å²) in [7, 11) is -3.94. The highest BCUT2D eigenvalue weighted by Gasteiger charge is 2.25. The van der Waals surface area contributed by atoms with Gasteiger partial charge in [-0.05, 0) is 25.1 Å². The first kappa shape index (κ1) is 15.9. The average Bonchev–Trinajstić information content (AvgIpc) is 2.30. The van der Waals surface area contributed by atoms with E-state index in [-0.39, 0.29) is 9.92 Å². The maximum absolute atomic E-state index is 13.0. The molecule has 0 spiro atoms. The molecule has 1 aromatic carbocycles. The lowest BCUT2D eigenvalue weighted by molar-refractivity contribution is -0.141. The van der Waals surface area contributed by atoms with Crippen LogP contribution in [-0.2, 0) is 14.8 Å². The Labute approximate surface area is 115 Å². The number of benzene rings is 1. The van der Waals surface area contributed by atoms with Crippen LogP contribution in [0.5, 0.6) is 0 Å². The van der Waals surface area contributed by atoms with Gasteiger partial charge in [0.25, 0.3) is 0 Å². The van der Waals surface area contributed by atoms with Crippen molar-refractivity contribution in [1.82, 2.24) is 4.72 Å². The van der Waals surface area contributed by atoms with E-state index in [9.17, 15) is 17.6 Å². The number of carbonyl (C=O) groups is 1. The van der Waals surface area contributed by atoms with Crippen molar-refractivity contribution in [3.63, 3.8) is 0 Å². The van der Waals surface area contributed by atoms with E-state index in [0.29, 0.717) is 0 Å². The van der Waals surface area contributed by atoms with Crippen LogP contribution in [0, 0.1) is 11.7 Å². The molecule has 0 aromatic heterocycles. The van der Waals surface area contributed by atoms with Crippen LogP contribution < -0.4 is 4.72 Å². The minimum atomic E-state index is -3.94. The van der Waals surface area contributed by atoms with Crippen molar-refractivity contribution < 1.29 is 22.7 Å². The maximum Gasteiger partial charge on any atom is 0.307 e. The molecule has 0 saturated carbocycles. The zero-order valence-corrected chi connectivity index (χ0v) is 11.8. The van der Waals surface area contributed by atoms with Crippen molar-refractivity contribution >= 4 is 27.6 Å². The molecule has 0 aliphatic rings. The van der Waals surface area contributed by atoms with Crippen molar-refractivity contribution in [3.8, 4) is 0 Å². The molecular formula is C11H13ClFNO4S. The molecule has 5 nitrogen and oxygen atoms in total. The molecule has 0 bridgehead atoms. The summed E-state index contributed by atoms with van der Waals surface area (Å²) in [5.41, 5.74) is 0. The van der Waals surface area contributed by atoms with Gasteiger partial charge in [-0.15, -0.1) is 0 Å². The van der Waals surface area contributed by atoms with E-state index in [1.54, 1.807) is 0 Å². The van der Waals surface area contributed by atoms with Crippen molar-refractivity contribution in [2.75, 3.05) is 0 Å². The Hall–Kier alpha value is -1.18. The summed E-state index contributed by atoms with van der Waals surface area (Å²) in [6.07, 6.45) is 0. The molecule has 0 saturated heterocycles. The highest BCUT2D eigenvalue weighted by atomic mass is 35.5. The number of rotatable bonds is 5. The van der Waals surface area contributed by atoms with Gasteiger partial charge >= 0.3 is 5.97 Å². The number of carboxylic acid groups (broad SMARTS) is 1. The molecule has 8 heteroatoms. The molecule has 106 valence electrons. The smallest absolute Gasteiger partial charge is 0.307 e. The molecule has 2 unspecified atom stereocenters. The average molecular weight is 310 g/mol. The first-order valence-corrected chi connectivity index (χ1v) is 7.21. The molecule has 0 fully saturated rings. The summed E-state index contributed by atoms with van der Waals surface area (Å²) in [5.74, 6) is -2.74. The number of hydrogen-bond donors (Lipinski definition) is 2. The Morgan fingerprint density at radius 2 is 2.00 bits per heavy atom. The van der Waals surface area contributed by atoms with Crippen molar-refractivity contribution in [2.45, 2.75) is 24.8 Å². The summed E-state index contributed by atoms with van der Waals surface area (Å²) in [6.45, 7) is 2.81. The predicted molar refractivity (Wildman–Crippen MR) is 68.0 cm³/mol. The van der Waals surface area contributed by atoms with Gasteiger partial charge in [0.15, 0.2) is 0 Å². The number of nitrogens with one attached hydrogen (secondary N) is 1. The number of hydrogen-bond acceptors (Lipinski definition) is 3. The van der Waals surface area contributed by atoms with E-state index in [2.05, 4.69) is 4.72 Å². The first-order valence-electron chi connectivity index (χ1n) is 5.35. The molecule has 19 heavy (non-hydrogen) atoms. The molecule has 0 amide bonds. The largest absolute Gasteiger partial charge is 0.481 e. The van der Waals surface area contributed by atoms with Crippen LogP contribution in [0.15, 0.2) is 23.1 Å². The van der Waals surface area contributed by atoms with Gasteiger partial charge in [0.1, 0.15) is 5.82 Å². The number of halogens is 2. The molecule has 1 rings (SSSR count). The Kier molecular flexibility index (Phi) is 4.89. The van der Waals surface area contributed by atoms with Gasteiger partial charge in [-0.1, -0.05) is 18.5 Å². The van der Waals surface area contributed by atoms with Gasteiger partial charge in [-0.3, -0.25) is 4.79 Å².